The fourth-order valence-electron chi connectivity index (χ4n) is 4.42. The molecule has 1 saturated heterocycles. The van der Waals surface area contributed by atoms with Crippen molar-refractivity contribution in [2.24, 2.45) is 0 Å². The van der Waals surface area contributed by atoms with Crippen molar-refractivity contribution >= 4 is 11.7 Å². The summed E-state index contributed by atoms with van der Waals surface area (Å²) >= 11 is 0. The number of benzene rings is 1. The van der Waals surface area contributed by atoms with Gasteiger partial charge in [-0.25, -0.2) is 4.98 Å². The maximum Gasteiger partial charge on any atom is 0.433 e. The van der Waals surface area contributed by atoms with Gasteiger partial charge in [-0.15, -0.1) is 0 Å². The van der Waals surface area contributed by atoms with E-state index in [2.05, 4.69) is 15.1 Å². The van der Waals surface area contributed by atoms with Crippen LogP contribution >= 0.6 is 0 Å². The van der Waals surface area contributed by atoms with E-state index in [9.17, 15) is 18.0 Å². The Morgan fingerprint density at radius 2 is 2.06 bits per heavy atom. The molecule has 0 spiro atoms. The van der Waals surface area contributed by atoms with Gasteiger partial charge in [0, 0.05) is 19.0 Å². The molecule has 0 aliphatic carbocycles. The van der Waals surface area contributed by atoms with Gasteiger partial charge >= 0.3 is 6.18 Å². The zero-order valence-corrected chi connectivity index (χ0v) is 16.5. The Morgan fingerprint density at radius 3 is 2.90 bits per heavy atom. The minimum absolute atomic E-state index is 0.0992. The van der Waals surface area contributed by atoms with Crippen LogP contribution in [0.3, 0.4) is 0 Å². The second kappa shape index (κ2) is 7.60. The minimum atomic E-state index is -4.59. The molecule has 4 heterocycles. The molecule has 2 aliphatic rings. The van der Waals surface area contributed by atoms with Gasteiger partial charge in [-0.1, -0.05) is 24.3 Å². The van der Waals surface area contributed by atoms with E-state index in [0.717, 1.165) is 29.9 Å². The third-order valence-corrected chi connectivity index (χ3v) is 5.93. The van der Waals surface area contributed by atoms with Crippen molar-refractivity contribution in [2.75, 3.05) is 19.7 Å². The van der Waals surface area contributed by atoms with Crippen molar-refractivity contribution in [3.05, 3.63) is 59.2 Å². The molecule has 2 aromatic heterocycles. The molecule has 1 aromatic carbocycles. The third-order valence-electron chi connectivity index (χ3n) is 5.93. The summed E-state index contributed by atoms with van der Waals surface area (Å²) in [5.74, 6) is -0.575. The number of alkyl halides is 3. The summed E-state index contributed by atoms with van der Waals surface area (Å²) in [5, 5.41) is 3.64. The highest BCUT2D eigenvalue weighted by atomic mass is 19.4. The number of halogens is 3. The van der Waals surface area contributed by atoms with Crippen LogP contribution in [-0.2, 0) is 22.1 Å². The van der Waals surface area contributed by atoms with E-state index in [0.29, 0.717) is 30.5 Å². The van der Waals surface area contributed by atoms with Gasteiger partial charge in [-0.05, 0) is 36.5 Å². The average molecular weight is 431 g/mol. The number of ether oxygens (including phenoxy) is 1. The first-order valence-electron chi connectivity index (χ1n) is 10.2. The summed E-state index contributed by atoms with van der Waals surface area (Å²) in [6.45, 7) is 1.29. The molecule has 31 heavy (non-hydrogen) atoms. The molecule has 3 aromatic rings. The van der Waals surface area contributed by atoms with E-state index in [1.165, 1.54) is 0 Å². The van der Waals surface area contributed by atoms with Crippen LogP contribution in [0.25, 0.3) is 5.78 Å². The molecule has 7 nitrogen and oxygen atoms in total. The Balaban J connectivity index is 1.42. The fraction of sp³-hybridized carbons (Fsp3) is 0.429. The topological polar surface area (TPSA) is 72.6 Å². The molecule has 10 heteroatoms. The highest BCUT2D eigenvalue weighted by Crippen LogP contribution is 2.35. The van der Waals surface area contributed by atoms with Gasteiger partial charge in [0.1, 0.15) is 6.33 Å². The van der Waals surface area contributed by atoms with E-state index in [-0.39, 0.29) is 29.8 Å². The largest absolute Gasteiger partial charge is 0.433 e. The predicted octanol–water partition coefficient (Wildman–Crippen LogP) is 3.16. The number of carbonyl (C=O) groups excluding carboxylic acids is 1. The summed E-state index contributed by atoms with van der Waals surface area (Å²) in [7, 11) is 0. The number of hydrogen-bond donors (Lipinski definition) is 0. The molecule has 0 radical (unpaired) electrons. The van der Waals surface area contributed by atoms with Crippen LogP contribution in [0.4, 0.5) is 13.2 Å². The number of piperidine rings is 1. The zero-order chi connectivity index (χ0) is 21.6. The zero-order valence-electron chi connectivity index (χ0n) is 16.5. The Labute approximate surface area is 175 Å². The number of aromatic nitrogens is 4. The number of carbonyl (C=O) groups is 1. The molecule has 1 amide bonds. The Hall–Kier alpha value is -3.01. The van der Waals surface area contributed by atoms with Crippen LogP contribution in [0.5, 0.6) is 0 Å². The van der Waals surface area contributed by atoms with Crippen LogP contribution in [0.2, 0.25) is 0 Å². The highest BCUT2D eigenvalue weighted by Gasteiger charge is 2.38. The van der Waals surface area contributed by atoms with E-state index < -0.39 is 18.0 Å². The van der Waals surface area contributed by atoms with Crippen LogP contribution in [-0.4, -0.2) is 50.1 Å². The van der Waals surface area contributed by atoms with Crippen molar-refractivity contribution in [2.45, 2.75) is 37.5 Å². The summed E-state index contributed by atoms with van der Waals surface area (Å²) in [6, 6.07) is 8.73. The SMILES string of the molecule is O=C(C1OCCc2ccccc21)N1CCCC(c2cc(C(F)(F)F)n3ncnc3n2)C1. The quantitative estimate of drug-likeness (QED) is 0.623. The predicted molar refractivity (Wildman–Crippen MR) is 103 cm³/mol. The first-order chi connectivity index (χ1) is 14.9. The Kier molecular flexibility index (Phi) is 4.88. The van der Waals surface area contributed by atoms with Crippen LogP contribution in [0.15, 0.2) is 36.7 Å². The fourth-order valence-corrected chi connectivity index (χ4v) is 4.42. The molecule has 0 bridgehead atoms. The van der Waals surface area contributed by atoms with Crippen molar-refractivity contribution in [1.29, 1.82) is 0 Å². The first kappa shape index (κ1) is 19.9. The van der Waals surface area contributed by atoms with Crippen LogP contribution in [0.1, 0.15) is 47.4 Å². The third kappa shape index (κ3) is 3.65. The van der Waals surface area contributed by atoms with Gasteiger partial charge in [0.25, 0.3) is 11.7 Å². The normalized spacial score (nSPS) is 21.8. The minimum Gasteiger partial charge on any atom is -0.363 e. The Bertz CT molecular complexity index is 1130. The summed E-state index contributed by atoms with van der Waals surface area (Å²) in [4.78, 5) is 23.1. The number of amides is 1. The van der Waals surface area contributed by atoms with E-state index in [4.69, 9.17) is 4.74 Å². The maximum absolute atomic E-state index is 13.5. The van der Waals surface area contributed by atoms with Gasteiger partial charge in [0.05, 0.1) is 12.3 Å². The van der Waals surface area contributed by atoms with Crippen LogP contribution < -0.4 is 0 Å². The summed E-state index contributed by atoms with van der Waals surface area (Å²) in [5.41, 5.74) is 1.31. The molecular formula is C21H20F3N5O2. The van der Waals surface area contributed by atoms with E-state index in [1.807, 2.05) is 24.3 Å². The molecule has 2 unspecified atom stereocenters. The molecule has 1 fully saturated rings. The van der Waals surface area contributed by atoms with Crippen molar-refractivity contribution in [1.82, 2.24) is 24.5 Å². The second-order valence-electron chi connectivity index (χ2n) is 7.86. The second-order valence-corrected chi connectivity index (χ2v) is 7.86. The molecule has 162 valence electrons. The van der Waals surface area contributed by atoms with Gasteiger partial charge in [0.15, 0.2) is 11.8 Å². The molecule has 0 N–H and O–H groups in total. The number of likely N-dealkylation sites (tertiary alicyclic amines) is 1. The van der Waals surface area contributed by atoms with E-state index in [1.54, 1.807) is 4.90 Å². The van der Waals surface area contributed by atoms with Crippen LogP contribution in [0, 0.1) is 0 Å². The molecule has 0 saturated carbocycles. The summed E-state index contributed by atoms with van der Waals surface area (Å²) < 4.78 is 47.1. The van der Waals surface area contributed by atoms with Gasteiger partial charge < -0.3 is 9.64 Å². The lowest BCUT2D eigenvalue weighted by atomic mass is 9.92. The molecular weight excluding hydrogens is 411 g/mol. The van der Waals surface area contributed by atoms with Gasteiger partial charge in [-0.2, -0.15) is 27.8 Å². The maximum atomic E-state index is 13.5. The lowest BCUT2D eigenvalue weighted by Gasteiger charge is -2.36. The smallest absolute Gasteiger partial charge is 0.363 e. The van der Waals surface area contributed by atoms with Gasteiger partial charge in [-0.3, -0.25) is 4.79 Å². The van der Waals surface area contributed by atoms with Crippen molar-refractivity contribution in [3.63, 3.8) is 0 Å². The number of nitrogens with zero attached hydrogens (tertiary/aromatic N) is 5. The van der Waals surface area contributed by atoms with Gasteiger partial charge in [0.2, 0.25) is 0 Å². The molecule has 2 aliphatic heterocycles. The molecule has 5 rings (SSSR count). The number of hydrogen-bond acceptors (Lipinski definition) is 5. The number of rotatable bonds is 2. The first-order valence-corrected chi connectivity index (χ1v) is 10.2. The van der Waals surface area contributed by atoms with Crippen molar-refractivity contribution in [3.8, 4) is 0 Å². The number of fused-ring (bicyclic) bond motifs is 2. The lowest BCUT2D eigenvalue weighted by molar-refractivity contribution is -0.146. The van der Waals surface area contributed by atoms with Crippen molar-refractivity contribution < 1.29 is 22.7 Å². The lowest BCUT2D eigenvalue weighted by Crippen LogP contribution is -2.43. The monoisotopic (exact) mass is 431 g/mol. The van der Waals surface area contributed by atoms with E-state index >= 15 is 0 Å². The average Bonchev–Trinajstić information content (AvgIpc) is 3.25. The highest BCUT2D eigenvalue weighted by molar-refractivity contribution is 5.83. The molecule has 2 atom stereocenters. The Morgan fingerprint density at radius 1 is 1.23 bits per heavy atom. The standard InChI is InChI=1S/C21H20F3N5O2/c22-21(23,24)17-10-16(27-20-25-12-26-29(17)20)14-5-3-8-28(11-14)19(30)18-15-6-2-1-4-13(15)7-9-31-18/h1-2,4,6,10,12,14,18H,3,5,7-9,11H2. The summed E-state index contributed by atoms with van der Waals surface area (Å²) in [6.07, 6.45) is -2.15.